The van der Waals surface area contributed by atoms with Crippen molar-refractivity contribution in [3.05, 3.63) is 29.8 Å². The number of aliphatic hydroxyl groups excluding tert-OH is 1. The summed E-state index contributed by atoms with van der Waals surface area (Å²) in [5.41, 5.74) is 1.12. The second-order valence-electron chi connectivity index (χ2n) is 4.77. The van der Waals surface area contributed by atoms with Crippen LogP contribution in [0.5, 0.6) is 5.75 Å². The lowest BCUT2D eigenvalue weighted by molar-refractivity contribution is 0.00997. The smallest absolute Gasteiger partial charge is 0.189 e. The zero-order chi connectivity index (χ0) is 12.1. The standard InChI is InChI=1S/C14H20O3/c1-11(15)8-12-4-6-14(7-5-12)17-10-16-9-13-2-3-13/h4-7,11,13,15H,2-3,8-10H2,1H3. The minimum atomic E-state index is -0.302. The summed E-state index contributed by atoms with van der Waals surface area (Å²) in [5.74, 6) is 1.59. The summed E-state index contributed by atoms with van der Waals surface area (Å²) in [4.78, 5) is 0. The molecule has 0 bridgehead atoms. The predicted molar refractivity (Wildman–Crippen MR) is 66.0 cm³/mol. The first-order valence-corrected chi connectivity index (χ1v) is 6.21. The van der Waals surface area contributed by atoms with Gasteiger partial charge < -0.3 is 14.6 Å². The van der Waals surface area contributed by atoms with Gasteiger partial charge in [-0.1, -0.05) is 12.1 Å². The zero-order valence-electron chi connectivity index (χ0n) is 10.3. The Morgan fingerprint density at radius 1 is 1.29 bits per heavy atom. The van der Waals surface area contributed by atoms with Crippen molar-refractivity contribution in [1.82, 2.24) is 0 Å². The summed E-state index contributed by atoms with van der Waals surface area (Å²) < 4.78 is 10.9. The largest absolute Gasteiger partial charge is 0.468 e. The molecule has 1 aromatic rings. The van der Waals surface area contributed by atoms with E-state index in [2.05, 4.69) is 0 Å². The van der Waals surface area contributed by atoms with E-state index in [1.807, 2.05) is 24.3 Å². The van der Waals surface area contributed by atoms with Crippen molar-refractivity contribution in [3.8, 4) is 5.75 Å². The fourth-order valence-corrected chi connectivity index (χ4v) is 1.67. The van der Waals surface area contributed by atoms with Crippen LogP contribution in [-0.4, -0.2) is 24.6 Å². The van der Waals surface area contributed by atoms with Gasteiger partial charge >= 0.3 is 0 Å². The number of hydrogen-bond donors (Lipinski definition) is 1. The molecule has 3 nitrogen and oxygen atoms in total. The Bertz CT molecular complexity index is 328. The van der Waals surface area contributed by atoms with Crippen molar-refractivity contribution in [1.29, 1.82) is 0 Å². The van der Waals surface area contributed by atoms with Gasteiger partial charge in [0.05, 0.1) is 12.7 Å². The molecule has 3 heteroatoms. The molecule has 1 aliphatic carbocycles. The van der Waals surface area contributed by atoms with Crippen LogP contribution in [0.4, 0.5) is 0 Å². The second-order valence-corrected chi connectivity index (χ2v) is 4.77. The van der Waals surface area contributed by atoms with Gasteiger partial charge in [-0.3, -0.25) is 0 Å². The molecule has 1 fully saturated rings. The third-order valence-electron chi connectivity index (χ3n) is 2.81. The lowest BCUT2D eigenvalue weighted by atomic mass is 10.1. The average molecular weight is 236 g/mol. The molecule has 94 valence electrons. The minimum Gasteiger partial charge on any atom is -0.468 e. The highest BCUT2D eigenvalue weighted by Gasteiger charge is 2.20. The highest BCUT2D eigenvalue weighted by Crippen LogP contribution is 2.28. The molecule has 1 N–H and O–H groups in total. The van der Waals surface area contributed by atoms with Gasteiger partial charge in [0.25, 0.3) is 0 Å². The number of ether oxygens (including phenoxy) is 2. The first-order valence-electron chi connectivity index (χ1n) is 6.21. The topological polar surface area (TPSA) is 38.7 Å². The van der Waals surface area contributed by atoms with Crippen LogP contribution in [0.1, 0.15) is 25.3 Å². The fourth-order valence-electron chi connectivity index (χ4n) is 1.67. The Labute approximate surface area is 102 Å². The second kappa shape index (κ2) is 6.03. The number of rotatable bonds is 7. The highest BCUT2D eigenvalue weighted by atomic mass is 16.7. The van der Waals surface area contributed by atoms with E-state index in [1.165, 1.54) is 12.8 Å². The number of aliphatic hydroxyl groups is 1. The van der Waals surface area contributed by atoms with Crippen molar-refractivity contribution in [2.45, 2.75) is 32.3 Å². The Hall–Kier alpha value is -1.06. The van der Waals surface area contributed by atoms with Crippen molar-refractivity contribution in [2.24, 2.45) is 5.92 Å². The molecule has 1 unspecified atom stereocenters. The van der Waals surface area contributed by atoms with Gasteiger partial charge in [-0.15, -0.1) is 0 Å². The maximum Gasteiger partial charge on any atom is 0.189 e. The summed E-state index contributed by atoms with van der Waals surface area (Å²) >= 11 is 0. The molecule has 0 radical (unpaired) electrons. The Morgan fingerprint density at radius 2 is 2.00 bits per heavy atom. The maximum absolute atomic E-state index is 9.26. The molecule has 17 heavy (non-hydrogen) atoms. The normalized spacial score (nSPS) is 16.8. The van der Waals surface area contributed by atoms with E-state index in [-0.39, 0.29) is 6.10 Å². The highest BCUT2D eigenvalue weighted by molar-refractivity contribution is 5.27. The van der Waals surface area contributed by atoms with Crippen LogP contribution in [0.2, 0.25) is 0 Å². The molecule has 0 heterocycles. The summed E-state index contributed by atoms with van der Waals surface area (Å²) in [5, 5.41) is 9.26. The monoisotopic (exact) mass is 236 g/mol. The SMILES string of the molecule is CC(O)Cc1ccc(OCOCC2CC2)cc1. The molecular weight excluding hydrogens is 216 g/mol. The van der Waals surface area contributed by atoms with Crippen LogP contribution < -0.4 is 4.74 Å². The van der Waals surface area contributed by atoms with Gasteiger partial charge in [0.2, 0.25) is 0 Å². The minimum absolute atomic E-state index is 0.302. The quantitative estimate of drug-likeness (QED) is 0.583. The molecule has 1 aliphatic rings. The summed E-state index contributed by atoms with van der Waals surface area (Å²) in [6.45, 7) is 2.93. The first-order chi connectivity index (χ1) is 8.24. The van der Waals surface area contributed by atoms with Crippen molar-refractivity contribution >= 4 is 0 Å². The van der Waals surface area contributed by atoms with Crippen molar-refractivity contribution in [3.63, 3.8) is 0 Å². The molecular formula is C14H20O3. The molecule has 0 aromatic heterocycles. The van der Waals surface area contributed by atoms with Gasteiger partial charge in [0.1, 0.15) is 5.75 Å². The Balaban J connectivity index is 1.69. The number of benzene rings is 1. The van der Waals surface area contributed by atoms with E-state index >= 15 is 0 Å². The van der Waals surface area contributed by atoms with E-state index < -0.39 is 0 Å². The lowest BCUT2D eigenvalue weighted by Gasteiger charge is -2.08. The Kier molecular flexibility index (Phi) is 4.40. The third kappa shape index (κ3) is 4.75. The molecule has 1 aromatic carbocycles. The van der Waals surface area contributed by atoms with Crippen LogP contribution in [0.3, 0.4) is 0 Å². The van der Waals surface area contributed by atoms with Crippen molar-refractivity contribution in [2.75, 3.05) is 13.4 Å². The summed E-state index contributed by atoms with van der Waals surface area (Å²) in [6, 6.07) is 7.78. The zero-order valence-corrected chi connectivity index (χ0v) is 10.3. The lowest BCUT2D eigenvalue weighted by Crippen LogP contribution is -2.06. The van der Waals surface area contributed by atoms with E-state index in [0.717, 1.165) is 23.8 Å². The summed E-state index contributed by atoms with van der Waals surface area (Å²) in [7, 11) is 0. The van der Waals surface area contributed by atoms with Crippen molar-refractivity contribution < 1.29 is 14.6 Å². The molecule has 0 amide bonds. The van der Waals surface area contributed by atoms with Crippen LogP contribution in [0, 0.1) is 5.92 Å². The third-order valence-corrected chi connectivity index (χ3v) is 2.81. The van der Waals surface area contributed by atoms with Gasteiger partial charge in [-0.25, -0.2) is 0 Å². The van der Waals surface area contributed by atoms with Gasteiger partial charge in [0.15, 0.2) is 6.79 Å². The first kappa shape index (κ1) is 12.4. The average Bonchev–Trinajstić information content (AvgIpc) is 3.10. The molecule has 2 rings (SSSR count). The van der Waals surface area contributed by atoms with Crippen LogP contribution >= 0.6 is 0 Å². The summed E-state index contributed by atoms with van der Waals surface area (Å²) in [6.07, 6.45) is 2.98. The van der Waals surface area contributed by atoms with E-state index in [9.17, 15) is 5.11 Å². The van der Waals surface area contributed by atoms with Gasteiger partial charge in [-0.05, 0) is 49.8 Å². The molecule has 0 saturated heterocycles. The molecule has 0 aliphatic heterocycles. The van der Waals surface area contributed by atoms with E-state index in [4.69, 9.17) is 9.47 Å². The molecule has 1 atom stereocenters. The predicted octanol–water partition coefficient (Wildman–Crippen LogP) is 2.37. The van der Waals surface area contributed by atoms with Crippen LogP contribution in [0.25, 0.3) is 0 Å². The van der Waals surface area contributed by atoms with Crippen LogP contribution in [0.15, 0.2) is 24.3 Å². The maximum atomic E-state index is 9.26. The van der Waals surface area contributed by atoms with E-state index in [0.29, 0.717) is 13.2 Å². The number of hydrogen-bond acceptors (Lipinski definition) is 3. The van der Waals surface area contributed by atoms with E-state index in [1.54, 1.807) is 6.92 Å². The van der Waals surface area contributed by atoms with Crippen LogP contribution in [-0.2, 0) is 11.2 Å². The molecule has 0 spiro atoms. The van der Waals surface area contributed by atoms with Gasteiger partial charge in [-0.2, -0.15) is 0 Å². The Morgan fingerprint density at radius 3 is 2.59 bits per heavy atom. The fraction of sp³-hybridized carbons (Fsp3) is 0.571. The molecule has 1 saturated carbocycles. The van der Waals surface area contributed by atoms with Gasteiger partial charge in [0, 0.05) is 0 Å².